The van der Waals surface area contributed by atoms with Crippen molar-refractivity contribution in [2.24, 2.45) is 0 Å². The molecule has 0 aromatic heterocycles. The molecule has 2 atom stereocenters. The Kier molecular flexibility index (Phi) is 13.3. The van der Waals surface area contributed by atoms with Gasteiger partial charge in [0.05, 0.1) is 6.61 Å². The Morgan fingerprint density at radius 3 is 2.13 bits per heavy atom. The van der Waals surface area contributed by atoms with Crippen molar-refractivity contribution in [1.82, 2.24) is 15.5 Å². The Labute approximate surface area is 229 Å². The lowest BCUT2D eigenvalue weighted by atomic mass is 9.95. The van der Waals surface area contributed by atoms with E-state index in [1.54, 1.807) is 20.8 Å². The van der Waals surface area contributed by atoms with Gasteiger partial charge in [0, 0.05) is 12.1 Å². The van der Waals surface area contributed by atoms with Gasteiger partial charge in [-0.1, -0.05) is 62.8 Å². The van der Waals surface area contributed by atoms with Crippen molar-refractivity contribution in [3.05, 3.63) is 34.9 Å². The summed E-state index contributed by atoms with van der Waals surface area (Å²) < 4.78 is 5.32. The van der Waals surface area contributed by atoms with Crippen molar-refractivity contribution in [2.75, 3.05) is 13.2 Å². The predicted molar refractivity (Wildman–Crippen MR) is 152 cm³/mol. The molecule has 0 saturated carbocycles. The maximum atomic E-state index is 13.9. The number of hydrogen-bond donors (Lipinski definition) is 3. The number of carbonyl (C=O) groups is 3. The van der Waals surface area contributed by atoms with Crippen LogP contribution in [0.5, 0.6) is 0 Å². The SMILES string of the molecule is CCCCCCCCN(C(=O)C(CO)NC(=O)OC(C)(C)C)C(C(=O)NC(C)(C)C)c1cc(C)ccc1C. The van der Waals surface area contributed by atoms with Gasteiger partial charge >= 0.3 is 6.09 Å². The van der Waals surface area contributed by atoms with Crippen molar-refractivity contribution in [3.8, 4) is 0 Å². The number of ether oxygens (including phenoxy) is 1. The largest absolute Gasteiger partial charge is 0.444 e. The third-order valence-electron chi connectivity index (χ3n) is 5.99. The fraction of sp³-hybridized carbons (Fsp3) is 0.700. The van der Waals surface area contributed by atoms with E-state index in [2.05, 4.69) is 17.6 Å². The number of aliphatic hydroxyl groups excluding tert-OH is 1. The molecule has 0 saturated heterocycles. The minimum absolute atomic E-state index is 0.306. The van der Waals surface area contributed by atoms with Crippen molar-refractivity contribution >= 4 is 17.9 Å². The molecule has 38 heavy (non-hydrogen) atoms. The summed E-state index contributed by atoms with van der Waals surface area (Å²) >= 11 is 0. The van der Waals surface area contributed by atoms with E-state index in [-0.39, 0.29) is 5.91 Å². The molecular formula is C30H51N3O5. The summed E-state index contributed by atoms with van der Waals surface area (Å²) in [4.78, 5) is 41.7. The van der Waals surface area contributed by atoms with Gasteiger partial charge in [-0.3, -0.25) is 9.59 Å². The topological polar surface area (TPSA) is 108 Å². The predicted octanol–water partition coefficient (Wildman–Crippen LogP) is 5.33. The second kappa shape index (κ2) is 15.1. The van der Waals surface area contributed by atoms with Gasteiger partial charge in [0.25, 0.3) is 0 Å². The minimum Gasteiger partial charge on any atom is -0.444 e. The summed E-state index contributed by atoms with van der Waals surface area (Å²) in [6.45, 7) is 16.6. The minimum atomic E-state index is -1.25. The van der Waals surface area contributed by atoms with Gasteiger partial charge in [-0.15, -0.1) is 0 Å². The summed E-state index contributed by atoms with van der Waals surface area (Å²) in [6, 6.07) is 3.67. The molecule has 1 aromatic rings. The van der Waals surface area contributed by atoms with Gasteiger partial charge < -0.3 is 25.4 Å². The highest BCUT2D eigenvalue weighted by atomic mass is 16.6. The molecule has 2 unspecified atom stereocenters. The molecule has 0 radical (unpaired) electrons. The number of nitrogens with one attached hydrogen (secondary N) is 2. The first-order chi connectivity index (χ1) is 17.6. The molecule has 0 bridgehead atoms. The van der Waals surface area contributed by atoms with Gasteiger partial charge in [-0.2, -0.15) is 0 Å². The van der Waals surface area contributed by atoms with Crippen LogP contribution in [0, 0.1) is 13.8 Å². The van der Waals surface area contributed by atoms with Crippen LogP contribution >= 0.6 is 0 Å². The van der Waals surface area contributed by atoms with Crippen LogP contribution in [0.25, 0.3) is 0 Å². The molecule has 1 aromatic carbocycles. The van der Waals surface area contributed by atoms with Crippen molar-refractivity contribution in [1.29, 1.82) is 0 Å². The Balaban J connectivity index is 3.45. The molecule has 8 nitrogen and oxygen atoms in total. The maximum absolute atomic E-state index is 13.9. The lowest BCUT2D eigenvalue weighted by Crippen LogP contribution is -2.56. The fourth-order valence-electron chi connectivity index (χ4n) is 4.21. The smallest absolute Gasteiger partial charge is 0.408 e. The molecule has 0 aliphatic heterocycles. The molecule has 8 heteroatoms. The quantitative estimate of drug-likeness (QED) is 0.297. The van der Waals surface area contributed by atoms with Gasteiger partial charge in [0.15, 0.2) is 0 Å². The summed E-state index contributed by atoms with van der Waals surface area (Å²) in [5, 5.41) is 15.7. The standard InChI is InChI=1S/C30H51N3O5/c1-10-11-12-13-14-15-18-33(27(36)24(20-34)31-28(37)38-30(7,8)9)25(26(35)32-29(4,5)6)23-19-21(2)16-17-22(23)3/h16-17,19,24-25,34H,10-15,18,20H2,1-9H3,(H,31,37)(H,32,35). The van der Waals surface area contributed by atoms with Crippen LogP contribution < -0.4 is 10.6 Å². The lowest BCUT2D eigenvalue weighted by molar-refractivity contribution is -0.144. The van der Waals surface area contributed by atoms with Gasteiger partial charge in [0.1, 0.15) is 17.7 Å². The number of carbonyl (C=O) groups excluding carboxylic acids is 3. The third kappa shape index (κ3) is 11.8. The van der Waals surface area contributed by atoms with Crippen molar-refractivity contribution in [3.63, 3.8) is 0 Å². The Bertz CT molecular complexity index is 917. The van der Waals surface area contributed by atoms with Gasteiger partial charge in [-0.25, -0.2) is 4.79 Å². The number of nitrogens with zero attached hydrogens (tertiary/aromatic N) is 1. The second-order valence-electron chi connectivity index (χ2n) is 12.2. The van der Waals surface area contributed by atoms with E-state index in [9.17, 15) is 19.5 Å². The number of alkyl carbamates (subject to hydrolysis) is 1. The lowest BCUT2D eigenvalue weighted by Gasteiger charge is -2.36. The Hall–Kier alpha value is -2.61. The van der Waals surface area contributed by atoms with Crippen LogP contribution in [0.15, 0.2) is 18.2 Å². The first kappa shape index (κ1) is 33.4. The molecule has 3 N–H and O–H groups in total. The molecule has 1 rings (SSSR count). The second-order valence-corrected chi connectivity index (χ2v) is 12.2. The highest BCUT2D eigenvalue weighted by Gasteiger charge is 2.37. The van der Waals surface area contributed by atoms with Crippen LogP contribution in [0.4, 0.5) is 4.79 Å². The Morgan fingerprint density at radius 2 is 1.58 bits per heavy atom. The van der Waals surface area contributed by atoms with E-state index in [1.165, 1.54) is 4.90 Å². The molecule has 216 valence electrons. The summed E-state index contributed by atoms with van der Waals surface area (Å²) in [7, 11) is 0. The fourth-order valence-corrected chi connectivity index (χ4v) is 4.21. The number of aliphatic hydroxyl groups is 1. The number of hydrogen-bond acceptors (Lipinski definition) is 5. The van der Waals surface area contributed by atoms with E-state index in [0.717, 1.165) is 48.8 Å². The number of benzene rings is 1. The molecule has 0 spiro atoms. The number of rotatable bonds is 13. The van der Waals surface area contributed by atoms with Gasteiger partial charge in [0.2, 0.25) is 11.8 Å². The zero-order valence-electron chi connectivity index (χ0n) is 25.1. The van der Waals surface area contributed by atoms with Gasteiger partial charge in [-0.05, 0) is 72.9 Å². The summed E-state index contributed by atoms with van der Waals surface area (Å²) in [6.07, 6.45) is 5.27. The molecule has 3 amide bonds. The summed E-state index contributed by atoms with van der Waals surface area (Å²) in [5.74, 6) is -0.832. The van der Waals surface area contributed by atoms with Crippen LogP contribution in [0.3, 0.4) is 0 Å². The van der Waals surface area contributed by atoms with E-state index >= 15 is 0 Å². The zero-order chi connectivity index (χ0) is 29.1. The average molecular weight is 534 g/mol. The normalized spacial score (nSPS) is 13.4. The summed E-state index contributed by atoms with van der Waals surface area (Å²) in [5.41, 5.74) is 1.29. The highest BCUT2D eigenvalue weighted by Crippen LogP contribution is 2.28. The van der Waals surface area contributed by atoms with E-state index in [0.29, 0.717) is 13.0 Å². The Morgan fingerprint density at radius 1 is 0.974 bits per heavy atom. The first-order valence-corrected chi connectivity index (χ1v) is 13.9. The van der Waals surface area contributed by atoms with Crippen LogP contribution in [0.1, 0.15) is 110 Å². The molecular weight excluding hydrogens is 482 g/mol. The molecule has 0 aliphatic rings. The maximum Gasteiger partial charge on any atom is 0.408 e. The van der Waals surface area contributed by atoms with E-state index in [1.807, 2.05) is 52.8 Å². The molecule has 0 heterocycles. The van der Waals surface area contributed by atoms with Crippen LogP contribution in [-0.4, -0.2) is 58.2 Å². The monoisotopic (exact) mass is 533 g/mol. The molecule has 0 fully saturated rings. The third-order valence-corrected chi connectivity index (χ3v) is 5.99. The number of unbranched alkanes of at least 4 members (excludes halogenated alkanes) is 5. The van der Waals surface area contributed by atoms with Crippen molar-refractivity contribution < 1.29 is 24.2 Å². The van der Waals surface area contributed by atoms with Crippen LogP contribution in [-0.2, 0) is 14.3 Å². The first-order valence-electron chi connectivity index (χ1n) is 13.9. The van der Waals surface area contributed by atoms with E-state index in [4.69, 9.17) is 4.74 Å². The number of aryl methyl sites for hydroxylation is 2. The van der Waals surface area contributed by atoms with E-state index < -0.39 is 41.8 Å². The van der Waals surface area contributed by atoms with Crippen LogP contribution in [0.2, 0.25) is 0 Å². The average Bonchev–Trinajstić information content (AvgIpc) is 2.78. The zero-order valence-corrected chi connectivity index (χ0v) is 25.1. The number of amides is 3. The van der Waals surface area contributed by atoms with Crippen molar-refractivity contribution in [2.45, 2.75) is 124 Å². The highest BCUT2D eigenvalue weighted by molar-refractivity contribution is 5.92. The molecule has 0 aliphatic carbocycles.